The van der Waals surface area contributed by atoms with Crippen molar-refractivity contribution < 1.29 is 22.8 Å². The van der Waals surface area contributed by atoms with Crippen LogP contribution in [0.2, 0.25) is 0 Å². The number of nitrogens with zero attached hydrogens (tertiary/aromatic N) is 4. The number of carbonyl (C=O) groups is 3. The maximum absolute atomic E-state index is 13.4. The van der Waals surface area contributed by atoms with E-state index >= 15 is 0 Å². The third-order valence-corrected chi connectivity index (χ3v) is 10.4. The van der Waals surface area contributed by atoms with Crippen molar-refractivity contribution in [2.75, 3.05) is 52.4 Å². The Morgan fingerprint density at radius 2 is 1.65 bits per heavy atom. The highest BCUT2D eigenvalue weighted by Crippen LogP contribution is 2.24. The number of halogens is 1. The second kappa shape index (κ2) is 13.5. The Hall–Kier alpha value is -2.74. The summed E-state index contributed by atoms with van der Waals surface area (Å²) in [4.78, 5) is 46.7. The predicted molar refractivity (Wildman–Crippen MR) is 168 cm³/mol. The monoisotopic (exact) mass is 676 g/mol. The largest absolute Gasteiger partial charge is 0.337 e. The lowest BCUT2D eigenvalue weighted by Gasteiger charge is -2.38. The summed E-state index contributed by atoms with van der Waals surface area (Å²) in [7, 11) is -3.94. The van der Waals surface area contributed by atoms with E-state index in [0.29, 0.717) is 39.0 Å². The van der Waals surface area contributed by atoms with Crippen LogP contribution in [-0.4, -0.2) is 116 Å². The van der Waals surface area contributed by atoms with Crippen LogP contribution >= 0.6 is 15.9 Å². The molecule has 2 unspecified atom stereocenters. The van der Waals surface area contributed by atoms with Crippen LogP contribution < -0.4 is 10.0 Å². The Kier molecular flexibility index (Phi) is 9.94. The van der Waals surface area contributed by atoms with Gasteiger partial charge >= 0.3 is 6.03 Å². The minimum Gasteiger partial charge on any atom is -0.337 e. The van der Waals surface area contributed by atoms with Crippen molar-refractivity contribution in [3.8, 4) is 0 Å². The van der Waals surface area contributed by atoms with Gasteiger partial charge in [0.25, 0.3) is 0 Å². The standard InChI is InChI=1S/C30H41BrN6O5S/c1-21(2)32-30(40)35-15-13-34(14-16-35)19-25-5-3-12-37(25)28(38)20-36-11-4-6-27(29(36)39)33-43(41,42)26-10-8-22-17-24(31)9-7-23(22)18-26/h7-10,17-18,21,25,27,33H,3-6,11-16,19-20H2,1-2H3,(H,32,40). The topological polar surface area (TPSA) is 122 Å². The zero-order valence-corrected chi connectivity index (χ0v) is 27.2. The number of benzene rings is 2. The Morgan fingerprint density at radius 3 is 2.40 bits per heavy atom. The molecule has 3 saturated heterocycles. The molecule has 234 valence electrons. The molecule has 0 aliphatic carbocycles. The normalized spacial score (nSPS) is 22.0. The average Bonchev–Trinajstić information content (AvgIpc) is 3.43. The van der Waals surface area contributed by atoms with Crippen molar-refractivity contribution in [2.45, 2.75) is 62.6 Å². The number of carbonyl (C=O) groups excluding carboxylic acids is 3. The molecule has 2 aromatic rings. The van der Waals surface area contributed by atoms with Gasteiger partial charge in [-0.15, -0.1) is 0 Å². The van der Waals surface area contributed by atoms with Gasteiger partial charge in [-0.05, 0) is 74.6 Å². The molecule has 13 heteroatoms. The molecule has 2 aromatic carbocycles. The van der Waals surface area contributed by atoms with Gasteiger partial charge in [-0.2, -0.15) is 4.72 Å². The SMILES string of the molecule is CC(C)NC(=O)N1CCN(CC2CCCN2C(=O)CN2CCCC(NS(=O)(=O)c3ccc4cc(Br)ccc4c3)C2=O)CC1. The smallest absolute Gasteiger partial charge is 0.317 e. The molecule has 5 rings (SSSR count). The molecular formula is C30H41BrN6O5S. The summed E-state index contributed by atoms with van der Waals surface area (Å²) >= 11 is 3.43. The third-order valence-electron chi connectivity index (χ3n) is 8.48. The van der Waals surface area contributed by atoms with Crippen LogP contribution in [0.25, 0.3) is 10.8 Å². The maximum atomic E-state index is 13.4. The highest BCUT2D eigenvalue weighted by atomic mass is 79.9. The van der Waals surface area contributed by atoms with Gasteiger partial charge in [0.15, 0.2) is 0 Å². The summed E-state index contributed by atoms with van der Waals surface area (Å²) in [6, 6.07) is 9.71. The molecule has 4 amide bonds. The quantitative estimate of drug-likeness (QED) is 0.443. The second-order valence-corrected chi connectivity index (χ2v) is 14.6. The van der Waals surface area contributed by atoms with Crippen LogP contribution in [0.3, 0.4) is 0 Å². The van der Waals surface area contributed by atoms with E-state index in [0.717, 1.165) is 47.7 Å². The minimum atomic E-state index is -3.94. The first-order valence-electron chi connectivity index (χ1n) is 15.1. The Balaban J connectivity index is 1.15. The van der Waals surface area contributed by atoms with E-state index < -0.39 is 16.1 Å². The van der Waals surface area contributed by atoms with Crippen LogP contribution in [0.5, 0.6) is 0 Å². The van der Waals surface area contributed by atoms with Crippen molar-refractivity contribution in [2.24, 2.45) is 0 Å². The van der Waals surface area contributed by atoms with E-state index in [2.05, 4.69) is 30.9 Å². The molecule has 3 fully saturated rings. The van der Waals surface area contributed by atoms with Crippen LogP contribution in [-0.2, 0) is 19.6 Å². The molecule has 3 aliphatic rings. The minimum absolute atomic E-state index is 0.0372. The lowest BCUT2D eigenvalue weighted by atomic mass is 10.1. The van der Waals surface area contributed by atoms with Gasteiger partial charge < -0.3 is 20.0 Å². The number of piperazine rings is 1. The first-order chi connectivity index (χ1) is 20.5. The number of nitrogens with one attached hydrogen (secondary N) is 2. The summed E-state index contributed by atoms with van der Waals surface area (Å²) in [5.74, 6) is -0.463. The average molecular weight is 678 g/mol. The van der Waals surface area contributed by atoms with E-state index in [9.17, 15) is 22.8 Å². The van der Waals surface area contributed by atoms with E-state index in [1.165, 1.54) is 4.90 Å². The summed E-state index contributed by atoms with van der Waals surface area (Å²) in [5, 5.41) is 4.63. The molecule has 2 atom stereocenters. The van der Waals surface area contributed by atoms with Gasteiger partial charge in [0.2, 0.25) is 21.8 Å². The molecule has 43 heavy (non-hydrogen) atoms. The predicted octanol–water partition coefficient (Wildman–Crippen LogP) is 2.60. The molecule has 0 bridgehead atoms. The zero-order chi connectivity index (χ0) is 30.7. The molecule has 11 nitrogen and oxygen atoms in total. The van der Waals surface area contributed by atoms with Crippen LogP contribution in [0.1, 0.15) is 39.5 Å². The van der Waals surface area contributed by atoms with Crippen molar-refractivity contribution in [1.29, 1.82) is 0 Å². The number of sulfonamides is 1. The molecule has 2 N–H and O–H groups in total. The number of likely N-dealkylation sites (tertiary alicyclic amines) is 2. The molecule has 0 radical (unpaired) electrons. The molecule has 3 heterocycles. The fourth-order valence-electron chi connectivity index (χ4n) is 6.20. The van der Waals surface area contributed by atoms with Crippen molar-refractivity contribution in [3.05, 3.63) is 40.9 Å². The van der Waals surface area contributed by atoms with Gasteiger partial charge in [0.05, 0.1) is 11.4 Å². The van der Waals surface area contributed by atoms with E-state index in [1.54, 1.807) is 18.2 Å². The summed E-state index contributed by atoms with van der Waals surface area (Å²) < 4.78 is 30.0. The molecule has 0 saturated carbocycles. The molecule has 0 aromatic heterocycles. The van der Waals surface area contributed by atoms with Gasteiger partial charge in [-0.3, -0.25) is 14.5 Å². The van der Waals surface area contributed by atoms with Gasteiger partial charge in [-0.25, -0.2) is 13.2 Å². The fourth-order valence-corrected chi connectivity index (χ4v) is 7.84. The highest BCUT2D eigenvalue weighted by Gasteiger charge is 2.37. The number of fused-ring (bicyclic) bond motifs is 1. The summed E-state index contributed by atoms with van der Waals surface area (Å²) in [5.41, 5.74) is 0. The summed E-state index contributed by atoms with van der Waals surface area (Å²) in [6.45, 7) is 8.46. The first-order valence-corrected chi connectivity index (χ1v) is 17.4. The number of rotatable bonds is 8. The van der Waals surface area contributed by atoms with E-state index in [4.69, 9.17) is 0 Å². The maximum Gasteiger partial charge on any atom is 0.317 e. The van der Waals surface area contributed by atoms with Crippen LogP contribution in [0.4, 0.5) is 4.79 Å². The Labute approximate surface area is 262 Å². The molecule has 3 aliphatic heterocycles. The highest BCUT2D eigenvalue weighted by molar-refractivity contribution is 9.10. The molecule has 0 spiro atoms. The van der Waals surface area contributed by atoms with Gasteiger partial charge in [0.1, 0.15) is 6.04 Å². The zero-order valence-electron chi connectivity index (χ0n) is 24.8. The Bertz CT molecular complexity index is 1460. The van der Waals surface area contributed by atoms with Crippen molar-refractivity contribution in [3.63, 3.8) is 0 Å². The fraction of sp³-hybridized carbons (Fsp3) is 0.567. The number of piperidine rings is 1. The number of hydrogen-bond donors (Lipinski definition) is 2. The van der Waals surface area contributed by atoms with Crippen molar-refractivity contribution >= 4 is 54.6 Å². The lowest BCUT2D eigenvalue weighted by molar-refractivity contribution is -0.143. The molecular weight excluding hydrogens is 636 g/mol. The number of hydrogen-bond acceptors (Lipinski definition) is 6. The Morgan fingerprint density at radius 1 is 0.953 bits per heavy atom. The third kappa shape index (κ3) is 7.68. The number of urea groups is 1. The van der Waals surface area contributed by atoms with Crippen LogP contribution in [0, 0.1) is 0 Å². The van der Waals surface area contributed by atoms with Gasteiger partial charge in [-0.1, -0.05) is 28.1 Å². The number of amides is 4. The van der Waals surface area contributed by atoms with Crippen molar-refractivity contribution in [1.82, 2.24) is 29.6 Å². The van der Waals surface area contributed by atoms with Gasteiger partial charge in [0, 0.05) is 62.4 Å². The van der Waals surface area contributed by atoms with Crippen LogP contribution in [0.15, 0.2) is 45.8 Å². The lowest BCUT2D eigenvalue weighted by Crippen LogP contribution is -2.56. The second-order valence-electron chi connectivity index (χ2n) is 12.0. The summed E-state index contributed by atoms with van der Waals surface area (Å²) in [6.07, 6.45) is 2.80. The first kappa shape index (κ1) is 31.7. The van der Waals surface area contributed by atoms with E-state index in [-0.39, 0.29) is 41.4 Å². The van der Waals surface area contributed by atoms with E-state index in [1.807, 2.05) is 41.8 Å².